The summed E-state index contributed by atoms with van der Waals surface area (Å²) in [5, 5.41) is 11.2. The van der Waals surface area contributed by atoms with Crippen molar-refractivity contribution in [2.75, 3.05) is 26.2 Å². The minimum Gasteiger partial charge on any atom is -0.508 e. The molecule has 35 heavy (non-hydrogen) atoms. The van der Waals surface area contributed by atoms with Crippen molar-refractivity contribution in [1.29, 1.82) is 0 Å². The van der Waals surface area contributed by atoms with E-state index in [-0.39, 0.29) is 5.75 Å². The van der Waals surface area contributed by atoms with Crippen molar-refractivity contribution in [3.63, 3.8) is 0 Å². The molecule has 0 aliphatic heterocycles. The van der Waals surface area contributed by atoms with Gasteiger partial charge in [-0.05, 0) is 95.3 Å². The number of nitrogens with zero attached hydrogens (tertiary/aromatic N) is 1. The number of ether oxygens (including phenoxy) is 1. The van der Waals surface area contributed by atoms with Gasteiger partial charge in [-0.3, -0.25) is 0 Å². The molecule has 1 heterocycles. The van der Waals surface area contributed by atoms with Crippen molar-refractivity contribution in [1.82, 2.24) is 4.90 Å². The number of benzene rings is 3. The number of furan rings is 1. The molecule has 4 rings (SSSR count). The molecule has 5 heteroatoms. The van der Waals surface area contributed by atoms with Crippen LogP contribution in [0.1, 0.15) is 43.9 Å². The summed E-state index contributed by atoms with van der Waals surface area (Å²) in [6.07, 6.45) is 0.829. The number of likely N-dealkylation sites (N-methyl/N-ethyl adjacent to an activating group) is 1. The molecule has 1 aromatic heterocycles. The molecule has 0 radical (unpaired) electrons. The van der Waals surface area contributed by atoms with Crippen LogP contribution in [0.15, 0.2) is 77.2 Å². The monoisotopic (exact) mass is 489 g/mol. The summed E-state index contributed by atoms with van der Waals surface area (Å²) in [5.41, 5.74) is 6.34. The highest BCUT2D eigenvalue weighted by molar-refractivity contribution is 6.29. The zero-order valence-corrected chi connectivity index (χ0v) is 21.3. The maximum absolute atomic E-state index is 9.88. The molecule has 0 unspecified atom stereocenters. The van der Waals surface area contributed by atoms with Crippen LogP contribution in [0.4, 0.5) is 0 Å². The summed E-state index contributed by atoms with van der Waals surface area (Å²) in [6, 6.07) is 23.7. The Balaban J connectivity index is 1.72. The quantitative estimate of drug-likeness (QED) is 0.230. The number of hydrogen-bond donors (Lipinski definition) is 1. The van der Waals surface area contributed by atoms with E-state index in [1.54, 1.807) is 12.1 Å². The highest BCUT2D eigenvalue weighted by atomic mass is 35.5. The predicted octanol–water partition coefficient (Wildman–Crippen LogP) is 7.88. The standard InChI is InChI=1S/C30H32ClNO3/c1-4-27(23-11-16-28-24(19-23)20-29(31)35-28)30(21-7-12-25(33)13-8-21)22-9-14-26(15-10-22)34-18-17-32(5-2)6-3/h7-16,19-20,33H,4-6,17-18H2,1-3H3/b30-27+. The zero-order valence-electron chi connectivity index (χ0n) is 20.6. The molecule has 0 aliphatic carbocycles. The van der Waals surface area contributed by atoms with Gasteiger partial charge < -0.3 is 19.2 Å². The molecule has 182 valence electrons. The minimum absolute atomic E-state index is 0.248. The van der Waals surface area contributed by atoms with E-state index in [9.17, 15) is 5.11 Å². The van der Waals surface area contributed by atoms with E-state index in [1.807, 2.05) is 36.4 Å². The Morgan fingerprint density at radius 3 is 2.11 bits per heavy atom. The van der Waals surface area contributed by atoms with Crippen LogP contribution in [0, 0.1) is 0 Å². The van der Waals surface area contributed by atoms with Crippen LogP contribution in [0.2, 0.25) is 5.22 Å². The molecule has 0 atom stereocenters. The lowest BCUT2D eigenvalue weighted by atomic mass is 9.88. The zero-order chi connectivity index (χ0) is 24.8. The van der Waals surface area contributed by atoms with Crippen molar-refractivity contribution in [3.05, 3.63) is 94.7 Å². The maximum atomic E-state index is 9.88. The fourth-order valence-electron chi connectivity index (χ4n) is 4.42. The van der Waals surface area contributed by atoms with E-state index in [4.69, 9.17) is 20.8 Å². The molecule has 0 saturated carbocycles. The summed E-state index contributed by atoms with van der Waals surface area (Å²) >= 11 is 6.09. The number of hydrogen-bond acceptors (Lipinski definition) is 4. The Morgan fingerprint density at radius 2 is 1.49 bits per heavy atom. The van der Waals surface area contributed by atoms with E-state index < -0.39 is 0 Å². The van der Waals surface area contributed by atoms with Crippen molar-refractivity contribution in [2.24, 2.45) is 0 Å². The van der Waals surface area contributed by atoms with Gasteiger partial charge in [-0.1, -0.05) is 51.1 Å². The Morgan fingerprint density at radius 1 is 0.857 bits per heavy atom. The van der Waals surface area contributed by atoms with Crippen LogP contribution in [0.25, 0.3) is 22.1 Å². The van der Waals surface area contributed by atoms with Crippen LogP contribution < -0.4 is 4.74 Å². The number of rotatable bonds is 10. The van der Waals surface area contributed by atoms with Gasteiger partial charge in [-0.2, -0.15) is 0 Å². The number of phenols is 1. The molecule has 0 spiro atoms. The molecule has 4 nitrogen and oxygen atoms in total. The number of halogens is 1. The Hall–Kier alpha value is -3.21. The second-order valence-corrected chi connectivity index (χ2v) is 8.83. The van der Waals surface area contributed by atoms with Gasteiger partial charge in [0.2, 0.25) is 0 Å². The first kappa shape index (κ1) is 24.9. The first-order valence-electron chi connectivity index (χ1n) is 12.2. The Kier molecular flexibility index (Phi) is 8.17. The molecular weight excluding hydrogens is 458 g/mol. The number of fused-ring (bicyclic) bond motifs is 1. The van der Waals surface area contributed by atoms with Crippen molar-refractivity contribution in [2.45, 2.75) is 27.2 Å². The van der Waals surface area contributed by atoms with Gasteiger partial charge >= 0.3 is 0 Å². The van der Waals surface area contributed by atoms with Gasteiger partial charge in [0.1, 0.15) is 23.7 Å². The van der Waals surface area contributed by atoms with Gasteiger partial charge in [0.05, 0.1) is 0 Å². The molecule has 0 saturated heterocycles. The molecule has 0 aliphatic rings. The van der Waals surface area contributed by atoms with Crippen LogP contribution >= 0.6 is 11.6 Å². The van der Waals surface area contributed by atoms with E-state index in [1.165, 1.54) is 5.57 Å². The van der Waals surface area contributed by atoms with Crippen molar-refractivity contribution < 1.29 is 14.3 Å². The summed E-state index contributed by atoms with van der Waals surface area (Å²) in [6.45, 7) is 10.1. The van der Waals surface area contributed by atoms with Crippen molar-refractivity contribution >= 4 is 33.7 Å². The van der Waals surface area contributed by atoms with Gasteiger partial charge in [-0.25, -0.2) is 0 Å². The molecule has 1 N–H and O–H groups in total. The summed E-state index contributed by atoms with van der Waals surface area (Å²) < 4.78 is 11.6. The highest BCUT2D eigenvalue weighted by Gasteiger charge is 2.15. The van der Waals surface area contributed by atoms with Gasteiger partial charge in [0, 0.05) is 18.0 Å². The fraction of sp³-hybridized carbons (Fsp3) is 0.267. The Bertz CT molecular complexity index is 1290. The summed E-state index contributed by atoms with van der Waals surface area (Å²) in [4.78, 5) is 2.34. The van der Waals surface area contributed by atoms with Crippen molar-refractivity contribution in [3.8, 4) is 11.5 Å². The largest absolute Gasteiger partial charge is 0.508 e. The van der Waals surface area contributed by atoms with E-state index in [0.717, 1.165) is 65.0 Å². The second-order valence-electron chi connectivity index (χ2n) is 8.46. The van der Waals surface area contributed by atoms with Crippen LogP contribution in [-0.2, 0) is 0 Å². The number of aromatic hydroxyl groups is 1. The highest BCUT2D eigenvalue weighted by Crippen LogP contribution is 2.37. The first-order valence-corrected chi connectivity index (χ1v) is 12.6. The SMILES string of the molecule is CC/C(=C(/c1ccc(O)cc1)c1ccc(OCCN(CC)CC)cc1)c1ccc2oc(Cl)cc2c1. The number of phenolic OH excluding ortho intramolecular Hbond substituents is 1. The lowest BCUT2D eigenvalue weighted by molar-refractivity contribution is 0.223. The second kappa shape index (κ2) is 11.5. The topological polar surface area (TPSA) is 45.8 Å². The molecule has 3 aromatic carbocycles. The van der Waals surface area contributed by atoms with Gasteiger partial charge in [-0.15, -0.1) is 0 Å². The molecule has 0 bridgehead atoms. The van der Waals surface area contributed by atoms with Crippen LogP contribution in [0.3, 0.4) is 0 Å². The van der Waals surface area contributed by atoms with Gasteiger partial charge in [0.25, 0.3) is 0 Å². The predicted molar refractivity (Wildman–Crippen MR) is 145 cm³/mol. The fourth-order valence-corrected chi connectivity index (χ4v) is 4.62. The van der Waals surface area contributed by atoms with E-state index in [2.05, 4.69) is 49.9 Å². The third-order valence-corrected chi connectivity index (χ3v) is 6.55. The average Bonchev–Trinajstić information content (AvgIpc) is 3.25. The van der Waals surface area contributed by atoms with Crippen LogP contribution in [-0.4, -0.2) is 36.2 Å². The van der Waals surface area contributed by atoms with Gasteiger partial charge in [0.15, 0.2) is 5.22 Å². The lowest BCUT2D eigenvalue weighted by Gasteiger charge is -2.19. The third kappa shape index (κ3) is 5.90. The molecular formula is C30H32ClNO3. The Labute approximate surface area is 212 Å². The maximum Gasteiger partial charge on any atom is 0.194 e. The average molecular weight is 490 g/mol. The normalized spacial score (nSPS) is 12.3. The van der Waals surface area contributed by atoms with Crippen LogP contribution in [0.5, 0.6) is 11.5 Å². The third-order valence-electron chi connectivity index (χ3n) is 6.36. The summed E-state index contributed by atoms with van der Waals surface area (Å²) in [7, 11) is 0. The summed E-state index contributed by atoms with van der Waals surface area (Å²) in [5.74, 6) is 1.11. The number of allylic oxidation sites excluding steroid dienone is 1. The lowest BCUT2D eigenvalue weighted by Crippen LogP contribution is -2.27. The smallest absolute Gasteiger partial charge is 0.194 e. The first-order chi connectivity index (χ1) is 17.0. The molecule has 4 aromatic rings. The minimum atomic E-state index is 0.248. The molecule has 0 fully saturated rings. The van der Waals surface area contributed by atoms with E-state index >= 15 is 0 Å². The van der Waals surface area contributed by atoms with E-state index in [0.29, 0.717) is 11.8 Å². The molecule has 0 amide bonds.